The number of esters is 1. The van der Waals surface area contributed by atoms with E-state index in [1.54, 1.807) is 20.8 Å². The van der Waals surface area contributed by atoms with E-state index in [0.29, 0.717) is 0 Å². The Labute approximate surface area is 77.0 Å². The molecule has 0 aliphatic carbocycles. The lowest BCUT2D eigenvalue weighted by atomic mass is 10.5. The molecule has 0 heterocycles. The van der Waals surface area contributed by atoms with Gasteiger partial charge in [-0.3, -0.25) is 0 Å². The minimum Gasteiger partial charge on any atom is -0.460 e. The van der Waals surface area contributed by atoms with Gasteiger partial charge in [-0.2, -0.15) is 4.39 Å². The predicted octanol–water partition coefficient (Wildman–Crippen LogP) is 1.25. The lowest BCUT2D eigenvalue weighted by Gasteiger charge is -2.21. The Morgan fingerprint density at radius 2 is 1.62 bits per heavy atom. The van der Waals surface area contributed by atoms with E-state index < -0.39 is 12.0 Å². The summed E-state index contributed by atoms with van der Waals surface area (Å²) in [5.74, 6) is -1.14. The van der Waals surface area contributed by atoms with Crippen LogP contribution in [0, 0.1) is 0 Å². The molecule has 0 aromatic heterocycles. The Morgan fingerprint density at radius 3 is 1.92 bits per heavy atom. The number of alkyl halides is 1. The van der Waals surface area contributed by atoms with Crippen molar-refractivity contribution in [1.82, 2.24) is 0 Å². The molecule has 4 nitrogen and oxygen atoms in total. The molecule has 0 saturated carbocycles. The van der Waals surface area contributed by atoms with E-state index in [4.69, 9.17) is 0 Å². The summed E-state index contributed by atoms with van der Waals surface area (Å²) >= 11 is 0. The molecule has 0 amide bonds. The smallest absolute Gasteiger partial charge is 0.421 e. The zero-order chi connectivity index (χ0) is 10.3. The molecule has 5 heteroatoms. The number of hydrogen-bond acceptors (Lipinski definition) is 4. The molecule has 0 aromatic carbocycles. The van der Waals surface area contributed by atoms with Gasteiger partial charge in [-0.05, 0) is 20.8 Å². The van der Waals surface area contributed by atoms with Gasteiger partial charge in [0.05, 0.1) is 19.8 Å². The topological polar surface area (TPSA) is 44.8 Å². The SMILES string of the molecule is CCOC(=O)C(F)(OCC)OCC. The first-order valence-corrected chi connectivity index (χ1v) is 4.24. The minimum absolute atomic E-state index is 0.0370. The van der Waals surface area contributed by atoms with Crippen LogP contribution < -0.4 is 0 Å². The van der Waals surface area contributed by atoms with E-state index in [2.05, 4.69) is 14.2 Å². The van der Waals surface area contributed by atoms with Crippen LogP contribution in [0.2, 0.25) is 0 Å². The molecule has 13 heavy (non-hydrogen) atoms. The van der Waals surface area contributed by atoms with Crippen molar-refractivity contribution in [3.63, 3.8) is 0 Å². The van der Waals surface area contributed by atoms with Crippen molar-refractivity contribution in [2.24, 2.45) is 0 Å². The summed E-state index contributed by atoms with van der Waals surface area (Å²) in [6.07, 6.45) is 0. The molecule has 0 spiro atoms. The van der Waals surface area contributed by atoms with Gasteiger partial charge in [0.2, 0.25) is 0 Å². The van der Waals surface area contributed by atoms with Crippen molar-refractivity contribution in [3.8, 4) is 0 Å². The van der Waals surface area contributed by atoms with Crippen LogP contribution in [-0.2, 0) is 19.0 Å². The van der Waals surface area contributed by atoms with E-state index in [9.17, 15) is 9.18 Å². The minimum atomic E-state index is -2.75. The van der Waals surface area contributed by atoms with Crippen LogP contribution in [0.3, 0.4) is 0 Å². The second-order valence-electron chi connectivity index (χ2n) is 2.12. The average molecular weight is 194 g/mol. The Morgan fingerprint density at radius 1 is 1.15 bits per heavy atom. The van der Waals surface area contributed by atoms with Crippen LogP contribution in [0.4, 0.5) is 4.39 Å². The van der Waals surface area contributed by atoms with Crippen molar-refractivity contribution in [2.45, 2.75) is 26.8 Å². The summed E-state index contributed by atoms with van der Waals surface area (Å²) in [5.41, 5.74) is 0. The van der Waals surface area contributed by atoms with E-state index in [1.165, 1.54) is 0 Å². The summed E-state index contributed by atoms with van der Waals surface area (Å²) in [5, 5.41) is 0. The van der Waals surface area contributed by atoms with E-state index in [0.717, 1.165) is 0 Å². The highest BCUT2D eigenvalue weighted by Crippen LogP contribution is 2.17. The molecule has 0 radical (unpaired) electrons. The third kappa shape index (κ3) is 3.69. The standard InChI is InChI=1S/C8H15FO4/c1-4-11-7(10)8(9,12-5-2)13-6-3/h4-6H2,1-3H3. The van der Waals surface area contributed by atoms with Crippen LogP contribution in [0.15, 0.2) is 0 Å². The third-order valence-electron chi connectivity index (χ3n) is 1.18. The lowest BCUT2D eigenvalue weighted by Crippen LogP contribution is -2.41. The van der Waals surface area contributed by atoms with Gasteiger partial charge < -0.3 is 14.2 Å². The predicted molar refractivity (Wildman–Crippen MR) is 43.7 cm³/mol. The molecule has 78 valence electrons. The Hall–Kier alpha value is -0.680. The Kier molecular flexibility index (Phi) is 5.57. The number of carbonyl (C=O) groups excluding carboxylic acids is 1. The van der Waals surface area contributed by atoms with Gasteiger partial charge in [-0.15, -0.1) is 0 Å². The molecule has 0 fully saturated rings. The zero-order valence-electron chi connectivity index (χ0n) is 8.13. The number of carbonyl (C=O) groups is 1. The van der Waals surface area contributed by atoms with Crippen LogP contribution >= 0.6 is 0 Å². The zero-order valence-corrected chi connectivity index (χ0v) is 8.13. The molecular formula is C8H15FO4. The van der Waals surface area contributed by atoms with Gasteiger partial charge in [0.25, 0.3) is 0 Å². The first-order chi connectivity index (χ1) is 6.10. The third-order valence-corrected chi connectivity index (χ3v) is 1.18. The van der Waals surface area contributed by atoms with E-state index >= 15 is 0 Å². The maximum Gasteiger partial charge on any atom is 0.421 e. The Balaban J connectivity index is 4.27. The fourth-order valence-electron chi connectivity index (χ4n) is 0.748. The van der Waals surface area contributed by atoms with Gasteiger partial charge >= 0.3 is 12.0 Å². The molecule has 0 unspecified atom stereocenters. The lowest BCUT2D eigenvalue weighted by molar-refractivity contribution is -0.305. The Bertz CT molecular complexity index is 154. The molecular weight excluding hydrogens is 179 g/mol. The summed E-state index contributed by atoms with van der Waals surface area (Å²) in [6.45, 7) is 4.87. The van der Waals surface area contributed by atoms with Crippen molar-refractivity contribution in [1.29, 1.82) is 0 Å². The molecule has 0 aliphatic heterocycles. The van der Waals surface area contributed by atoms with Crippen LogP contribution in [-0.4, -0.2) is 31.8 Å². The van der Waals surface area contributed by atoms with Crippen LogP contribution in [0.5, 0.6) is 0 Å². The van der Waals surface area contributed by atoms with Crippen LogP contribution in [0.1, 0.15) is 20.8 Å². The second kappa shape index (κ2) is 5.88. The highest BCUT2D eigenvalue weighted by atomic mass is 19.2. The quantitative estimate of drug-likeness (QED) is 0.471. The molecule has 0 saturated heterocycles. The average Bonchev–Trinajstić information content (AvgIpc) is 2.05. The number of ether oxygens (including phenoxy) is 3. The van der Waals surface area contributed by atoms with Gasteiger partial charge in [0, 0.05) is 0 Å². The van der Waals surface area contributed by atoms with Crippen molar-refractivity contribution in [3.05, 3.63) is 0 Å². The monoisotopic (exact) mass is 194 g/mol. The molecule has 0 aliphatic rings. The number of rotatable bonds is 6. The van der Waals surface area contributed by atoms with Crippen molar-refractivity contribution >= 4 is 5.97 Å². The summed E-state index contributed by atoms with van der Waals surface area (Å²) in [6, 6.07) is -2.75. The maximum atomic E-state index is 13.5. The first-order valence-electron chi connectivity index (χ1n) is 4.24. The number of hydrogen-bond donors (Lipinski definition) is 0. The van der Waals surface area contributed by atoms with Crippen molar-refractivity contribution < 1.29 is 23.4 Å². The fraction of sp³-hybridized carbons (Fsp3) is 0.875. The van der Waals surface area contributed by atoms with E-state index in [1.807, 2.05) is 0 Å². The molecule has 0 rings (SSSR count). The summed E-state index contributed by atoms with van der Waals surface area (Å²) in [4.78, 5) is 11.0. The van der Waals surface area contributed by atoms with Crippen LogP contribution in [0.25, 0.3) is 0 Å². The first kappa shape index (κ1) is 12.3. The van der Waals surface area contributed by atoms with Gasteiger partial charge in [0.1, 0.15) is 0 Å². The largest absolute Gasteiger partial charge is 0.460 e. The van der Waals surface area contributed by atoms with Crippen molar-refractivity contribution in [2.75, 3.05) is 19.8 Å². The fourth-order valence-corrected chi connectivity index (χ4v) is 0.748. The van der Waals surface area contributed by atoms with Gasteiger partial charge in [-0.1, -0.05) is 0 Å². The van der Waals surface area contributed by atoms with Gasteiger partial charge in [-0.25, -0.2) is 4.79 Å². The second-order valence-corrected chi connectivity index (χ2v) is 2.12. The van der Waals surface area contributed by atoms with E-state index in [-0.39, 0.29) is 19.8 Å². The maximum absolute atomic E-state index is 13.5. The molecule has 0 bridgehead atoms. The molecule has 0 atom stereocenters. The summed E-state index contributed by atoms with van der Waals surface area (Å²) < 4.78 is 26.9. The molecule has 0 N–H and O–H groups in total. The highest BCUT2D eigenvalue weighted by molar-refractivity contribution is 5.76. The summed E-state index contributed by atoms with van der Waals surface area (Å²) in [7, 11) is 0. The van der Waals surface area contributed by atoms with Gasteiger partial charge in [0.15, 0.2) is 0 Å². The number of halogens is 1. The molecule has 0 aromatic rings. The normalized spacial score (nSPS) is 11.4. The highest BCUT2D eigenvalue weighted by Gasteiger charge is 2.42.